The molecule has 16 heteroatoms. The second kappa shape index (κ2) is 11.8. The number of ether oxygens (including phenoxy) is 1. The monoisotopic (exact) mass is 538 g/mol. The molecule has 0 radical (unpaired) electrons. The molecule has 3 aromatic carbocycles. The number of benzene rings is 3. The van der Waals surface area contributed by atoms with Crippen LogP contribution >= 0.6 is 15.4 Å². The van der Waals surface area contributed by atoms with Gasteiger partial charge in [-0.3, -0.25) is 14.7 Å². The second-order valence-corrected chi connectivity index (χ2v) is 10.0. The summed E-state index contributed by atoms with van der Waals surface area (Å²) in [5.41, 5.74) is 1.24. The van der Waals surface area contributed by atoms with Crippen molar-refractivity contribution in [3.8, 4) is 0 Å². The summed E-state index contributed by atoms with van der Waals surface area (Å²) < 4.78 is 31.0. The summed E-state index contributed by atoms with van der Waals surface area (Å²) in [5, 5.41) is 20.6. The van der Waals surface area contributed by atoms with Crippen molar-refractivity contribution in [2.24, 2.45) is 10.2 Å². The minimum absolute atomic E-state index is 0.0516. The van der Waals surface area contributed by atoms with Crippen molar-refractivity contribution in [2.45, 2.75) is 0 Å². The number of non-ortho nitro benzene ring substituents is 1. The van der Waals surface area contributed by atoms with E-state index in [0.29, 0.717) is 27.8 Å². The van der Waals surface area contributed by atoms with Gasteiger partial charge in [-0.05, 0) is 36.4 Å². The number of anilines is 1. The topological polar surface area (TPSA) is 210 Å². The quantitative estimate of drug-likeness (QED) is 0.112. The van der Waals surface area contributed by atoms with Gasteiger partial charge in [0.1, 0.15) is 13.1 Å². The first-order chi connectivity index (χ1) is 16.9. The third-order valence-corrected chi connectivity index (χ3v) is 5.70. The Bertz CT molecular complexity index is 1310. The van der Waals surface area contributed by atoms with Gasteiger partial charge in [0.2, 0.25) is 0 Å². The molecule has 0 amide bonds. The standard InChI is InChI=1S/C20H22N4O10P2/c25-24(26)20-10-9-19(17-3-1-2-4-18(17)20)22-21-15-5-7-16(8-6-15)23(11-12-34-36(30,31)32)13-33-14-35(27,28)29/h1-10H,11-14H2,(H2,27,28,29)(H2,30,31,32)/p-2. The van der Waals surface area contributed by atoms with E-state index in [1.165, 1.54) is 17.0 Å². The first-order valence-electron chi connectivity index (χ1n) is 10.1. The molecule has 36 heavy (non-hydrogen) atoms. The van der Waals surface area contributed by atoms with Crippen LogP contribution in [0.4, 0.5) is 22.7 Å². The number of hydrogen-bond acceptors (Lipinski definition) is 11. The van der Waals surface area contributed by atoms with Gasteiger partial charge in [0.05, 0.1) is 28.3 Å². The number of phosphoric acid groups is 1. The highest BCUT2D eigenvalue weighted by atomic mass is 31.2. The number of nitro benzene ring substituents is 1. The van der Waals surface area contributed by atoms with Gasteiger partial charge in [0.25, 0.3) is 13.5 Å². The molecule has 2 atom stereocenters. The number of nitrogens with zero attached hydrogens (tertiary/aromatic N) is 4. The van der Waals surface area contributed by atoms with E-state index in [1.807, 2.05) is 0 Å². The molecule has 3 aromatic rings. The number of rotatable bonds is 12. The van der Waals surface area contributed by atoms with Crippen LogP contribution in [0, 0.1) is 10.1 Å². The van der Waals surface area contributed by atoms with Crippen LogP contribution in [-0.2, 0) is 18.4 Å². The lowest BCUT2D eigenvalue weighted by Crippen LogP contribution is -2.30. The summed E-state index contributed by atoms with van der Waals surface area (Å²) in [5.74, 6) is 0. The average Bonchev–Trinajstić information content (AvgIpc) is 2.80. The van der Waals surface area contributed by atoms with Crippen LogP contribution in [0.2, 0.25) is 0 Å². The van der Waals surface area contributed by atoms with E-state index < -0.39 is 33.3 Å². The molecule has 0 spiro atoms. The third kappa shape index (κ3) is 8.26. The predicted molar refractivity (Wildman–Crippen MR) is 125 cm³/mol. The lowest BCUT2D eigenvalue weighted by Gasteiger charge is -2.27. The van der Waals surface area contributed by atoms with Crippen LogP contribution < -0.4 is 14.7 Å². The smallest absolute Gasteiger partial charge is 0.277 e. The third-order valence-electron chi connectivity index (χ3n) is 4.68. The molecule has 3 rings (SSSR count). The molecule has 0 aliphatic heterocycles. The maximum Gasteiger partial charge on any atom is 0.277 e. The van der Waals surface area contributed by atoms with Gasteiger partial charge in [-0.25, -0.2) is 0 Å². The Balaban J connectivity index is 1.77. The fourth-order valence-electron chi connectivity index (χ4n) is 3.16. The summed E-state index contributed by atoms with van der Waals surface area (Å²) in [7, 11) is -9.62. The van der Waals surface area contributed by atoms with Crippen molar-refractivity contribution in [3.63, 3.8) is 0 Å². The molecule has 14 nitrogen and oxygen atoms in total. The summed E-state index contributed by atoms with van der Waals surface area (Å²) in [4.78, 5) is 51.5. The van der Waals surface area contributed by atoms with Crippen molar-refractivity contribution in [2.75, 3.05) is 31.1 Å². The van der Waals surface area contributed by atoms with E-state index in [4.69, 9.17) is 14.5 Å². The van der Waals surface area contributed by atoms with Gasteiger partial charge in [0, 0.05) is 23.7 Å². The minimum Gasteiger partial charge on any atom is -0.777 e. The van der Waals surface area contributed by atoms with Crippen molar-refractivity contribution in [1.29, 1.82) is 0 Å². The van der Waals surface area contributed by atoms with E-state index in [-0.39, 0.29) is 19.0 Å². The molecule has 0 saturated carbocycles. The Labute approximate surface area is 204 Å². The van der Waals surface area contributed by atoms with Gasteiger partial charge in [-0.1, -0.05) is 18.2 Å². The summed E-state index contributed by atoms with van der Waals surface area (Å²) >= 11 is 0. The normalized spacial score (nSPS) is 15.0. The highest BCUT2D eigenvalue weighted by Gasteiger charge is 2.14. The van der Waals surface area contributed by atoms with E-state index in [0.717, 1.165) is 0 Å². The molecule has 0 aliphatic carbocycles. The number of nitro groups is 1. The molecule has 2 unspecified atom stereocenters. The van der Waals surface area contributed by atoms with Crippen LogP contribution in [0.1, 0.15) is 0 Å². The van der Waals surface area contributed by atoms with E-state index in [2.05, 4.69) is 14.8 Å². The zero-order valence-corrected chi connectivity index (χ0v) is 20.2. The SMILES string of the molecule is O=[N+]([O-])c1ccc(N=Nc2ccc(N(CCOP(=O)([O-])O)COCP(=O)([O-])O)cc2)c2ccccc12. The molecule has 192 valence electrons. The van der Waals surface area contributed by atoms with Crippen molar-refractivity contribution in [1.82, 2.24) is 0 Å². The van der Waals surface area contributed by atoms with Crippen molar-refractivity contribution in [3.05, 3.63) is 70.8 Å². The fourth-order valence-corrected chi connectivity index (χ4v) is 3.78. The molecule has 0 heterocycles. The molecular weight excluding hydrogens is 518 g/mol. The molecule has 0 aromatic heterocycles. The largest absolute Gasteiger partial charge is 0.777 e. The highest BCUT2D eigenvalue weighted by Crippen LogP contribution is 2.34. The number of hydrogen-bond donors (Lipinski definition) is 2. The summed E-state index contributed by atoms with van der Waals surface area (Å²) in [6.07, 6.45) is -0.958. The lowest BCUT2D eigenvalue weighted by molar-refractivity contribution is -0.383. The first kappa shape index (κ1) is 27.5. The molecule has 2 N–H and O–H groups in total. The Morgan fingerprint density at radius 2 is 1.61 bits per heavy atom. The number of fused-ring (bicyclic) bond motifs is 1. The molecule has 0 fully saturated rings. The zero-order chi connectivity index (χ0) is 26.3. The molecule has 0 bridgehead atoms. The molecular formula is C20H20N4O10P2-2. The lowest BCUT2D eigenvalue weighted by atomic mass is 10.1. The predicted octanol–water partition coefficient (Wildman–Crippen LogP) is 2.92. The van der Waals surface area contributed by atoms with Crippen LogP contribution in [0.5, 0.6) is 0 Å². The Hall–Kier alpha value is -3.06. The Morgan fingerprint density at radius 1 is 0.944 bits per heavy atom. The van der Waals surface area contributed by atoms with Gasteiger partial charge >= 0.3 is 0 Å². The summed E-state index contributed by atoms with van der Waals surface area (Å²) in [6.45, 7) is -0.916. The maximum absolute atomic E-state index is 11.3. The van der Waals surface area contributed by atoms with Crippen molar-refractivity contribution < 1.29 is 42.9 Å². The zero-order valence-electron chi connectivity index (χ0n) is 18.4. The second-order valence-electron chi connectivity index (χ2n) is 7.29. The minimum atomic E-state index is -4.96. The number of azo groups is 1. The van der Waals surface area contributed by atoms with Crippen LogP contribution in [0.3, 0.4) is 0 Å². The van der Waals surface area contributed by atoms with Gasteiger partial charge in [-0.2, -0.15) is 5.11 Å². The average molecular weight is 538 g/mol. The van der Waals surface area contributed by atoms with Gasteiger partial charge < -0.3 is 38.3 Å². The van der Waals surface area contributed by atoms with Crippen LogP contribution in [-0.4, -0.2) is 40.9 Å². The van der Waals surface area contributed by atoms with E-state index in [1.54, 1.807) is 48.5 Å². The van der Waals surface area contributed by atoms with Crippen LogP contribution in [0.25, 0.3) is 10.8 Å². The van der Waals surface area contributed by atoms with Gasteiger partial charge in [-0.15, -0.1) is 5.11 Å². The van der Waals surface area contributed by atoms with E-state index in [9.17, 15) is 29.0 Å². The maximum atomic E-state index is 11.3. The fraction of sp³-hybridized carbons (Fsp3) is 0.200. The number of phosphoric ester groups is 1. The van der Waals surface area contributed by atoms with Gasteiger partial charge in [0.15, 0.2) is 7.60 Å². The Morgan fingerprint density at radius 3 is 2.22 bits per heavy atom. The van der Waals surface area contributed by atoms with Crippen molar-refractivity contribution >= 4 is 48.9 Å². The molecule has 0 saturated heterocycles. The Kier molecular flexibility index (Phi) is 9.01. The van der Waals surface area contributed by atoms with Crippen LogP contribution in [0.15, 0.2) is 70.9 Å². The molecule has 0 aliphatic rings. The summed E-state index contributed by atoms with van der Waals surface area (Å²) in [6, 6.07) is 15.8. The first-order valence-corrected chi connectivity index (χ1v) is 13.4. The van der Waals surface area contributed by atoms with E-state index >= 15 is 0 Å². The highest BCUT2D eigenvalue weighted by molar-refractivity contribution is 7.50.